The van der Waals surface area contributed by atoms with Gasteiger partial charge in [-0.25, -0.2) is 4.39 Å². The second-order valence-corrected chi connectivity index (χ2v) is 5.62. The summed E-state index contributed by atoms with van der Waals surface area (Å²) < 4.78 is 14.2. The highest BCUT2D eigenvalue weighted by Gasteiger charge is 2.05. The first-order chi connectivity index (χ1) is 8.99. The highest BCUT2D eigenvalue weighted by molar-refractivity contribution is 9.10. The number of nitrogens with two attached hydrogens (primary N) is 1. The molecular formula is C14H21BrClFN2O. The summed E-state index contributed by atoms with van der Waals surface area (Å²) in [6.45, 7) is 2.44. The van der Waals surface area contributed by atoms with Crippen molar-refractivity contribution in [2.75, 3.05) is 6.54 Å². The van der Waals surface area contributed by atoms with Gasteiger partial charge in [-0.2, -0.15) is 0 Å². The van der Waals surface area contributed by atoms with Crippen LogP contribution in [0, 0.1) is 5.82 Å². The van der Waals surface area contributed by atoms with E-state index < -0.39 is 0 Å². The minimum absolute atomic E-state index is 0. The molecule has 1 unspecified atom stereocenters. The van der Waals surface area contributed by atoms with Crippen LogP contribution in [-0.2, 0) is 11.2 Å². The van der Waals surface area contributed by atoms with Crippen LogP contribution >= 0.6 is 28.3 Å². The Morgan fingerprint density at radius 3 is 2.80 bits per heavy atom. The summed E-state index contributed by atoms with van der Waals surface area (Å²) in [5.74, 6) is -0.203. The molecule has 3 N–H and O–H groups in total. The smallest absolute Gasteiger partial charge is 0.220 e. The third-order valence-corrected chi connectivity index (χ3v) is 3.28. The molecule has 0 saturated carbocycles. The maximum Gasteiger partial charge on any atom is 0.220 e. The van der Waals surface area contributed by atoms with Crippen molar-refractivity contribution in [3.05, 3.63) is 34.1 Å². The molecule has 0 aliphatic heterocycles. The molecule has 1 aromatic carbocycles. The average Bonchev–Trinajstić information content (AvgIpc) is 2.34. The third-order valence-electron chi connectivity index (χ3n) is 2.79. The van der Waals surface area contributed by atoms with Crippen LogP contribution in [0.4, 0.5) is 4.39 Å². The Bertz CT molecular complexity index is 430. The van der Waals surface area contributed by atoms with E-state index in [-0.39, 0.29) is 30.2 Å². The summed E-state index contributed by atoms with van der Waals surface area (Å²) in [6.07, 6.45) is 2.48. The van der Waals surface area contributed by atoms with Gasteiger partial charge in [0.15, 0.2) is 0 Å². The number of carbonyl (C=O) groups excluding carboxylic acids is 1. The lowest BCUT2D eigenvalue weighted by atomic mass is 10.1. The Kier molecular flexibility index (Phi) is 9.80. The van der Waals surface area contributed by atoms with Gasteiger partial charge in [-0.1, -0.05) is 22.0 Å². The van der Waals surface area contributed by atoms with Crippen LogP contribution in [0.15, 0.2) is 22.7 Å². The zero-order valence-electron chi connectivity index (χ0n) is 11.5. The predicted octanol–water partition coefficient (Wildman–Crippen LogP) is 3.19. The van der Waals surface area contributed by atoms with Gasteiger partial charge >= 0.3 is 0 Å². The highest BCUT2D eigenvalue weighted by Crippen LogP contribution is 2.16. The maximum absolute atomic E-state index is 13.5. The standard InChI is InChI=1S/C14H20BrFN2O.ClH/c1-10(17)4-7-14(19)18-8-2-3-11-5-6-12(15)9-13(11)16;/h5-6,9-10H,2-4,7-8,17H2,1H3,(H,18,19);1H. The number of hydrogen-bond donors (Lipinski definition) is 2. The molecular weight excluding hydrogens is 347 g/mol. The van der Waals surface area contributed by atoms with E-state index in [1.54, 1.807) is 6.07 Å². The van der Waals surface area contributed by atoms with Gasteiger partial charge in [0, 0.05) is 23.5 Å². The topological polar surface area (TPSA) is 55.1 Å². The van der Waals surface area contributed by atoms with Crippen molar-refractivity contribution < 1.29 is 9.18 Å². The Balaban J connectivity index is 0.00000361. The second-order valence-electron chi connectivity index (χ2n) is 4.71. The Morgan fingerprint density at radius 1 is 1.50 bits per heavy atom. The molecule has 0 bridgehead atoms. The Morgan fingerprint density at radius 2 is 2.20 bits per heavy atom. The number of hydrogen-bond acceptors (Lipinski definition) is 2. The van der Waals surface area contributed by atoms with Crippen LogP contribution in [0.1, 0.15) is 31.7 Å². The summed E-state index contributed by atoms with van der Waals surface area (Å²) in [5.41, 5.74) is 6.25. The molecule has 114 valence electrons. The van der Waals surface area contributed by atoms with Gasteiger partial charge in [0.25, 0.3) is 0 Å². The summed E-state index contributed by atoms with van der Waals surface area (Å²) >= 11 is 3.22. The van der Waals surface area contributed by atoms with E-state index in [1.165, 1.54) is 6.07 Å². The van der Waals surface area contributed by atoms with Gasteiger partial charge in [-0.15, -0.1) is 12.4 Å². The van der Waals surface area contributed by atoms with Crippen molar-refractivity contribution in [3.8, 4) is 0 Å². The summed E-state index contributed by atoms with van der Waals surface area (Å²) in [6, 6.07) is 5.08. The van der Waals surface area contributed by atoms with Crippen LogP contribution < -0.4 is 11.1 Å². The van der Waals surface area contributed by atoms with Gasteiger partial charge in [-0.05, 0) is 43.9 Å². The molecule has 6 heteroatoms. The molecule has 1 amide bonds. The van der Waals surface area contributed by atoms with E-state index >= 15 is 0 Å². The molecule has 1 aromatic rings. The molecule has 0 aliphatic rings. The average molecular weight is 368 g/mol. The number of rotatable bonds is 7. The predicted molar refractivity (Wildman–Crippen MR) is 85.6 cm³/mol. The molecule has 20 heavy (non-hydrogen) atoms. The Labute approximate surface area is 134 Å². The molecule has 1 rings (SSSR count). The zero-order chi connectivity index (χ0) is 14.3. The van der Waals surface area contributed by atoms with Gasteiger partial charge < -0.3 is 11.1 Å². The van der Waals surface area contributed by atoms with Crippen LogP contribution in [0.3, 0.4) is 0 Å². The van der Waals surface area contributed by atoms with E-state index in [4.69, 9.17) is 5.73 Å². The van der Waals surface area contributed by atoms with Crippen molar-refractivity contribution in [1.82, 2.24) is 5.32 Å². The van der Waals surface area contributed by atoms with Gasteiger partial charge in [0.2, 0.25) is 5.91 Å². The molecule has 0 aromatic heterocycles. The molecule has 0 saturated heterocycles. The van der Waals surface area contributed by atoms with E-state index in [0.717, 1.165) is 10.9 Å². The lowest BCUT2D eigenvalue weighted by molar-refractivity contribution is -0.121. The molecule has 0 spiro atoms. The van der Waals surface area contributed by atoms with E-state index in [1.807, 2.05) is 13.0 Å². The fourth-order valence-corrected chi connectivity index (χ4v) is 2.01. The minimum atomic E-state index is -0.211. The van der Waals surface area contributed by atoms with E-state index in [9.17, 15) is 9.18 Å². The van der Waals surface area contributed by atoms with Gasteiger partial charge in [0.05, 0.1) is 0 Å². The molecule has 0 heterocycles. The monoisotopic (exact) mass is 366 g/mol. The van der Waals surface area contributed by atoms with Crippen molar-refractivity contribution in [2.45, 2.75) is 38.6 Å². The largest absolute Gasteiger partial charge is 0.356 e. The number of aryl methyl sites for hydroxylation is 1. The van der Waals surface area contributed by atoms with Crippen molar-refractivity contribution in [1.29, 1.82) is 0 Å². The highest BCUT2D eigenvalue weighted by atomic mass is 79.9. The minimum Gasteiger partial charge on any atom is -0.356 e. The molecule has 1 atom stereocenters. The van der Waals surface area contributed by atoms with E-state index in [0.29, 0.717) is 31.4 Å². The maximum atomic E-state index is 13.5. The number of amides is 1. The number of carbonyl (C=O) groups is 1. The van der Waals surface area contributed by atoms with Gasteiger partial charge in [-0.3, -0.25) is 4.79 Å². The van der Waals surface area contributed by atoms with Crippen LogP contribution in [0.5, 0.6) is 0 Å². The fourth-order valence-electron chi connectivity index (χ4n) is 1.68. The molecule has 0 fully saturated rings. The third kappa shape index (κ3) is 7.82. The first kappa shape index (κ1) is 19.4. The SMILES string of the molecule is CC(N)CCC(=O)NCCCc1ccc(Br)cc1F.Cl. The van der Waals surface area contributed by atoms with Crippen LogP contribution in [-0.4, -0.2) is 18.5 Å². The normalized spacial score (nSPS) is 11.6. The fraction of sp³-hybridized carbons (Fsp3) is 0.500. The van der Waals surface area contributed by atoms with Crippen molar-refractivity contribution >= 4 is 34.2 Å². The Hall–Kier alpha value is -0.650. The number of nitrogens with one attached hydrogen (secondary N) is 1. The number of benzene rings is 1. The molecule has 0 aliphatic carbocycles. The molecule has 3 nitrogen and oxygen atoms in total. The first-order valence-electron chi connectivity index (χ1n) is 6.45. The van der Waals surface area contributed by atoms with Crippen molar-refractivity contribution in [2.24, 2.45) is 5.73 Å². The van der Waals surface area contributed by atoms with Crippen LogP contribution in [0.2, 0.25) is 0 Å². The van der Waals surface area contributed by atoms with Gasteiger partial charge in [0.1, 0.15) is 5.82 Å². The van der Waals surface area contributed by atoms with Crippen molar-refractivity contribution in [3.63, 3.8) is 0 Å². The second kappa shape index (κ2) is 10.1. The lowest BCUT2D eigenvalue weighted by Crippen LogP contribution is -2.26. The lowest BCUT2D eigenvalue weighted by Gasteiger charge is -2.07. The quantitative estimate of drug-likeness (QED) is 0.727. The first-order valence-corrected chi connectivity index (χ1v) is 7.24. The summed E-state index contributed by atoms with van der Waals surface area (Å²) in [7, 11) is 0. The molecule has 0 radical (unpaired) electrons. The summed E-state index contributed by atoms with van der Waals surface area (Å²) in [4.78, 5) is 11.4. The number of halogens is 3. The van der Waals surface area contributed by atoms with Crippen LogP contribution in [0.25, 0.3) is 0 Å². The van der Waals surface area contributed by atoms with E-state index in [2.05, 4.69) is 21.2 Å². The zero-order valence-corrected chi connectivity index (χ0v) is 13.9. The summed E-state index contributed by atoms with van der Waals surface area (Å²) in [5, 5.41) is 2.81.